The van der Waals surface area contributed by atoms with Crippen LogP contribution in [-0.4, -0.2) is 52.9 Å². The zero-order valence-electron chi connectivity index (χ0n) is 16.4. The lowest BCUT2D eigenvalue weighted by Gasteiger charge is -2.42. The van der Waals surface area contributed by atoms with Crippen molar-refractivity contribution in [2.24, 2.45) is 0 Å². The summed E-state index contributed by atoms with van der Waals surface area (Å²) < 4.78 is 212. The minimum atomic E-state index is -8.34. The molecule has 0 aliphatic rings. The Bertz CT molecular complexity index is 946. The van der Waals surface area contributed by atoms with Gasteiger partial charge in [-0.3, -0.25) is 4.79 Å². The molecular weight excluding hydrogens is 540 g/mol. The fourth-order valence-electron chi connectivity index (χ4n) is 2.73. The molecule has 2 nitrogen and oxygen atoms in total. The third kappa shape index (κ3) is 4.52. The van der Waals surface area contributed by atoms with Gasteiger partial charge in [-0.05, 0) is 6.92 Å². The number of hydrogen-bond donors (Lipinski definition) is 1. The Kier molecular flexibility index (Phi) is 7.38. The van der Waals surface area contributed by atoms with Crippen molar-refractivity contribution in [2.45, 2.75) is 60.9 Å². The van der Waals surface area contributed by atoms with Gasteiger partial charge in [0.05, 0.1) is 6.42 Å². The summed E-state index contributed by atoms with van der Waals surface area (Å²) in [6.45, 7) is 0.482. The van der Waals surface area contributed by atoms with E-state index in [0.717, 1.165) is 6.07 Å². The number of alkyl halides is 16. The smallest absolute Gasteiger partial charge is 0.376 e. The van der Waals surface area contributed by atoms with Crippen LogP contribution in [0.2, 0.25) is 0 Å². The molecule has 0 spiro atoms. The molecule has 0 aliphatic carbocycles. The molecule has 0 amide bonds. The number of halogens is 16. The van der Waals surface area contributed by atoms with E-state index >= 15 is 0 Å². The van der Waals surface area contributed by atoms with E-state index in [4.69, 9.17) is 0 Å². The monoisotopic (exact) mass is 550 g/mol. The van der Waals surface area contributed by atoms with Gasteiger partial charge in [0.15, 0.2) is 11.4 Å². The molecule has 202 valence electrons. The van der Waals surface area contributed by atoms with Crippen molar-refractivity contribution < 1.29 is 80.1 Å². The van der Waals surface area contributed by atoms with E-state index in [1.807, 2.05) is 0 Å². The predicted octanol–water partition coefficient (Wildman–Crippen LogP) is 6.77. The molecule has 1 N–H and O–H groups in total. The summed E-state index contributed by atoms with van der Waals surface area (Å²) in [5.74, 6) is -41.4. The maximum atomic E-state index is 14.1. The molecule has 0 heterocycles. The molecule has 0 radical (unpaired) electrons. The first-order valence-electron chi connectivity index (χ1n) is 8.49. The summed E-state index contributed by atoms with van der Waals surface area (Å²) in [6, 6.07) is 1.76. The van der Waals surface area contributed by atoms with Crippen molar-refractivity contribution in [2.75, 3.05) is 0 Å². The second-order valence-electron chi connectivity index (χ2n) is 7.14. The minimum absolute atomic E-state index is 0.0446. The van der Waals surface area contributed by atoms with Crippen LogP contribution in [0.4, 0.5) is 70.2 Å². The van der Waals surface area contributed by atoms with E-state index in [2.05, 4.69) is 0 Å². The number of aliphatic hydroxyl groups is 1. The van der Waals surface area contributed by atoms with Crippen LogP contribution >= 0.6 is 0 Å². The van der Waals surface area contributed by atoms with Crippen molar-refractivity contribution in [3.05, 3.63) is 35.4 Å². The second-order valence-corrected chi connectivity index (χ2v) is 7.14. The van der Waals surface area contributed by atoms with Gasteiger partial charge >= 0.3 is 42.0 Å². The van der Waals surface area contributed by atoms with E-state index in [9.17, 15) is 80.1 Å². The zero-order valence-corrected chi connectivity index (χ0v) is 16.4. The third-order valence-corrected chi connectivity index (χ3v) is 4.70. The molecule has 1 aromatic carbocycles. The van der Waals surface area contributed by atoms with E-state index in [0.29, 0.717) is 19.1 Å². The second kappa shape index (κ2) is 8.40. The van der Waals surface area contributed by atoms with E-state index < -0.39 is 70.9 Å². The first-order valence-corrected chi connectivity index (χ1v) is 8.49. The number of carbonyl (C=O) groups excluding carboxylic acids is 1. The van der Waals surface area contributed by atoms with Crippen molar-refractivity contribution in [3.8, 4) is 0 Å². The molecule has 0 saturated carbocycles. The van der Waals surface area contributed by atoms with Crippen molar-refractivity contribution in [1.82, 2.24) is 0 Å². The summed E-state index contributed by atoms with van der Waals surface area (Å²) in [6.07, 6.45) is -18.2. The average Bonchev–Trinajstić information content (AvgIpc) is 2.65. The standard InChI is InChI=1S/C17H10F16O2/c1-7(34)8-4-2-3-5-9(8)10(35,16(28,29)30)6-11(18,19)12(20,21)13(22,23)14(24,25)15(26,27)17(31,32)33/h2-5,35H,6H2,1H3. The molecule has 0 fully saturated rings. The highest BCUT2D eigenvalue weighted by atomic mass is 19.4. The van der Waals surface area contributed by atoms with E-state index in [1.54, 1.807) is 0 Å². The molecular formula is C17H10F16O2. The van der Waals surface area contributed by atoms with Gasteiger partial charge in [0.2, 0.25) is 0 Å². The lowest BCUT2D eigenvalue weighted by atomic mass is 9.80. The van der Waals surface area contributed by atoms with Crippen LogP contribution in [0.5, 0.6) is 0 Å². The van der Waals surface area contributed by atoms with Gasteiger partial charge in [0.25, 0.3) is 0 Å². The summed E-state index contributed by atoms with van der Waals surface area (Å²) >= 11 is 0. The summed E-state index contributed by atoms with van der Waals surface area (Å²) in [4.78, 5) is 11.5. The van der Waals surface area contributed by atoms with Crippen LogP contribution in [0, 0.1) is 0 Å². The Hall–Kier alpha value is -2.27. The molecule has 0 aliphatic heterocycles. The molecule has 35 heavy (non-hydrogen) atoms. The van der Waals surface area contributed by atoms with Crippen molar-refractivity contribution in [3.63, 3.8) is 0 Å². The van der Waals surface area contributed by atoms with Gasteiger partial charge in [-0.2, -0.15) is 70.2 Å². The number of Topliss-reactive ketones (excluding diaryl/α,β-unsaturated/α-hetero) is 1. The van der Waals surface area contributed by atoms with Crippen LogP contribution in [0.1, 0.15) is 29.3 Å². The highest BCUT2D eigenvalue weighted by Gasteiger charge is 2.91. The molecule has 0 saturated heterocycles. The lowest BCUT2D eigenvalue weighted by Crippen LogP contribution is -2.70. The number of ketones is 1. The normalized spacial score (nSPS) is 16.7. The zero-order chi connectivity index (χ0) is 28.3. The highest BCUT2D eigenvalue weighted by Crippen LogP contribution is 2.62. The van der Waals surface area contributed by atoms with Crippen LogP contribution in [0.3, 0.4) is 0 Å². The maximum absolute atomic E-state index is 14.1. The molecule has 0 bridgehead atoms. The molecule has 1 aromatic rings. The molecule has 1 unspecified atom stereocenters. The van der Waals surface area contributed by atoms with Gasteiger partial charge in [0, 0.05) is 11.1 Å². The van der Waals surface area contributed by atoms with Crippen LogP contribution in [-0.2, 0) is 5.60 Å². The SMILES string of the molecule is CC(=O)c1ccccc1C(O)(CC(F)(F)C(F)(F)C(F)(F)C(F)(F)C(F)(F)C(F)(F)F)C(F)(F)F. The Labute approximate surface area is 183 Å². The first kappa shape index (κ1) is 30.8. The van der Waals surface area contributed by atoms with Crippen LogP contribution in [0.25, 0.3) is 0 Å². The lowest BCUT2D eigenvalue weighted by molar-refractivity contribution is -0.443. The van der Waals surface area contributed by atoms with Gasteiger partial charge in [-0.15, -0.1) is 0 Å². The molecule has 1 rings (SSSR count). The fraction of sp³-hybridized carbons (Fsp3) is 0.588. The first-order chi connectivity index (χ1) is 15.1. The Balaban J connectivity index is 3.79. The predicted molar refractivity (Wildman–Crippen MR) is 81.8 cm³/mol. The Morgan fingerprint density at radius 1 is 0.657 bits per heavy atom. The molecule has 0 aromatic heterocycles. The topological polar surface area (TPSA) is 37.3 Å². The number of carbonyl (C=O) groups is 1. The van der Waals surface area contributed by atoms with Crippen molar-refractivity contribution >= 4 is 5.78 Å². The van der Waals surface area contributed by atoms with E-state index in [-0.39, 0.29) is 6.07 Å². The highest BCUT2D eigenvalue weighted by molar-refractivity contribution is 5.95. The average molecular weight is 550 g/mol. The molecule has 1 atom stereocenters. The largest absolute Gasteiger partial charge is 0.460 e. The minimum Gasteiger partial charge on any atom is -0.376 e. The summed E-state index contributed by atoms with van der Waals surface area (Å²) in [5, 5.41) is 9.85. The van der Waals surface area contributed by atoms with Crippen LogP contribution < -0.4 is 0 Å². The van der Waals surface area contributed by atoms with Gasteiger partial charge in [0.1, 0.15) is 0 Å². The third-order valence-electron chi connectivity index (χ3n) is 4.70. The number of hydrogen-bond acceptors (Lipinski definition) is 2. The number of rotatable bonds is 8. The quantitative estimate of drug-likeness (QED) is 0.287. The Morgan fingerprint density at radius 3 is 1.43 bits per heavy atom. The van der Waals surface area contributed by atoms with Crippen molar-refractivity contribution in [1.29, 1.82) is 0 Å². The maximum Gasteiger partial charge on any atom is 0.460 e. The Morgan fingerprint density at radius 2 is 1.06 bits per heavy atom. The summed E-state index contributed by atoms with van der Waals surface area (Å²) in [7, 11) is 0. The van der Waals surface area contributed by atoms with Gasteiger partial charge < -0.3 is 5.11 Å². The van der Waals surface area contributed by atoms with Gasteiger partial charge in [-0.25, -0.2) is 0 Å². The fourth-order valence-corrected chi connectivity index (χ4v) is 2.73. The number of benzene rings is 1. The summed E-state index contributed by atoms with van der Waals surface area (Å²) in [5.41, 5.74) is -8.63. The van der Waals surface area contributed by atoms with E-state index in [1.165, 1.54) is 0 Å². The van der Waals surface area contributed by atoms with Gasteiger partial charge in [-0.1, -0.05) is 24.3 Å². The van der Waals surface area contributed by atoms with Crippen LogP contribution in [0.15, 0.2) is 24.3 Å². The molecule has 18 heteroatoms.